The summed E-state index contributed by atoms with van der Waals surface area (Å²) in [6.45, 7) is 0. The number of imidazole rings is 1. The first-order chi connectivity index (χ1) is 18.1. The second-order valence-electron chi connectivity index (χ2n) is 8.39. The van der Waals surface area contributed by atoms with Gasteiger partial charge >= 0.3 is 6.18 Å². The van der Waals surface area contributed by atoms with Crippen LogP contribution in [0.3, 0.4) is 0 Å². The van der Waals surface area contributed by atoms with Gasteiger partial charge in [-0.1, -0.05) is 41.9 Å². The number of benzene rings is 2. The summed E-state index contributed by atoms with van der Waals surface area (Å²) in [5.74, 6) is 0.468. The van der Waals surface area contributed by atoms with Crippen molar-refractivity contribution in [1.29, 1.82) is 5.26 Å². The molecule has 0 radical (unpaired) electrons. The van der Waals surface area contributed by atoms with Gasteiger partial charge in [-0.05, 0) is 35.9 Å². The topological polar surface area (TPSA) is 96.9 Å². The molecule has 0 aliphatic rings. The average Bonchev–Trinajstić information content (AvgIpc) is 3.36. The van der Waals surface area contributed by atoms with E-state index in [1.54, 1.807) is 60.1 Å². The summed E-state index contributed by atoms with van der Waals surface area (Å²) >= 11 is 6.72. The number of aromatic nitrogens is 4. The lowest BCUT2D eigenvalue weighted by Gasteiger charge is -2.30. The molecule has 3 aromatic heterocycles. The molecule has 0 saturated heterocycles. The molecule has 5 aromatic rings. The lowest BCUT2D eigenvalue weighted by Crippen LogP contribution is -2.31. The number of aryl methyl sites for hydroxylation is 1. The Hall–Kier alpha value is -4.46. The van der Waals surface area contributed by atoms with Gasteiger partial charge in [0.15, 0.2) is 17.0 Å². The second kappa shape index (κ2) is 9.45. The third-order valence-electron chi connectivity index (χ3n) is 6.03. The van der Waals surface area contributed by atoms with Gasteiger partial charge in [0.05, 0.1) is 28.8 Å². The second-order valence-corrected chi connectivity index (χ2v) is 8.77. The lowest BCUT2D eigenvalue weighted by molar-refractivity contribution is -0.141. The molecule has 7 nitrogen and oxygen atoms in total. The highest BCUT2D eigenvalue weighted by Gasteiger charge is 2.39. The van der Waals surface area contributed by atoms with Crippen LogP contribution >= 0.6 is 11.6 Å². The van der Waals surface area contributed by atoms with E-state index in [0.717, 1.165) is 18.3 Å². The van der Waals surface area contributed by atoms with Crippen LogP contribution in [0.15, 0.2) is 79.4 Å². The van der Waals surface area contributed by atoms with Gasteiger partial charge in [-0.15, -0.1) is 0 Å². The Balaban J connectivity index is 1.71. The number of nitriles is 1. The van der Waals surface area contributed by atoms with Crippen molar-refractivity contribution in [2.75, 3.05) is 0 Å². The number of para-hydroxylation sites is 1. The van der Waals surface area contributed by atoms with Crippen LogP contribution in [0.4, 0.5) is 13.2 Å². The van der Waals surface area contributed by atoms with E-state index < -0.39 is 17.5 Å². The predicted octanol–water partition coefficient (Wildman–Crippen LogP) is 5.98. The zero-order chi connectivity index (χ0) is 27.1. The van der Waals surface area contributed by atoms with Crippen molar-refractivity contribution >= 4 is 22.5 Å². The number of hydrogen-bond donors (Lipinski definition) is 1. The van der Waals surface area contributed by atoms with E-state index in [1.807, 2.05) is 6.07 Å². The Bertz CT molecular complexity index is 1680. The fourth-order valence-electron chi connectivity index (χ4n) is 4.15. The maximum atomic E-state index is 13.2. The Labute approximate surface area is 219 Å². The zero-order valence-corrected chi connectivity index (χ0v) is 20.4. The van der Waals surface area contributed by atoms with Crippen molar-refractivity contribution in [3.63, 3.8) is 0 Å². The molecule has 5 rings (SSSR count). The van der Waals surface area contributed by atoms with Crippen LogP contribution in [-0.4, -0.2) is 24.6 Å². The monoisotopic (exact) mass is 535 g/mol. The summed E-state index contributed by atoms with van der Waals surface area (Å²) < 4.78 is 46.9. The SMILES string of the molecule is Cn1cncc1C(O)(c1ccc(C(F)(F)F)nc1)c1ccc2nc(C#N)c(Oc3ccccc3)c(Cl)c2c1. The first-order valence-electron chi connectivity index (χ1n) is 11.1. The molecule has 0 spiro atoms. The fraction of sp³-hybridized carbons (Fsp3) is 0.111. The summed E-state index contributed by atoms with van der Waals surface area (Å²) in [7, 11) is 1.64. The van der Waals surface area contributed by atoms with Gasteiger partial charge in [-0.2, -0.15) is 18.4 Å². The van der Waals surface area contributed by atoms with Crippen LogP contribution in [0.1, 0.15) is 28.2 Å². The molecule has 0 saturated carbocycles. The molecule has 0 aliphatic heterocycles. The summed E-state index contributed by atoms with van der Waals surface area (Å²) in [6, 6.07) is 17.3. The molecular weight excluding hydrogens is 519 g/mol. The zero-order valence-electron chi connectivity index (χ0n) is 19.6. The number of alkyl halides is 3. The van der Waals surface area contributed by atoms with E-state index in [0.29, 0.717) is 16.7 Å². The average molecular weight is 536 g/mol. The first kappa shape index (κ1) is 25.2. The van der Waals surface area contributed by atoms with E-state index in [4.69, 9.17) is 16.3 Å². The molecule has 1 unspecified atom stereocenters. The molecule has 0 fully saturated rings. The van der Waals surface area contributed by atoms with Crippen LogP contribution in [0.2, 0.25) is 5.02 Å². The number of ether oxygens (including phenoxy) is 1. The highest BCUT2D eigenvalue weighted by atomic mass is 35.5. The number of pyridine rings is 2. The largest absolute Gasteiger partial charge is 0.453 e. The Morgan fingerprint density at radius 1 is 1.03 bits per heavy atom. The normalized spacial score (nSPS) is 13.2. The molecule has 1 N–H and O–H groups in total. The molecular formula is C27H17ClF3N5O2. The molecule has 11 heteroatoms. The standard InChI is InChI=1S/C27H17ClF3N5O2/c1-36-15-33-14-23(36)26(37,17-8-10-22(34-13-17)27(29,30)31)16-7-9-20-19(11-16)24(28)25(21(12-32)35-20)38-18-5-3-2-4-6-18/h2-11,13-15,37H,1H3. The number of rotatable bonds is 5. The summed E-state index contributed by atoms with van der Waals surface area (Å²) in [5.41, 5.74) is -2.13. The molecule has 2 aromatic carbocycles. The molecule has 190 valence electrons. The van der Waals surface area contributed by atoms with Crippen molar-refractivity contribution in [2.45, 2.75) is 11.8 Å². The third kappa shape index (κ3) is 4.32. The van der Waals surface area contributed by atoms with Gasteiger partial charge in [-0.25, -0.2) is 9.97 Å². The van der Waals surface area contributed by atoms with Gasteiger partial charge in [0.25, 0.3) is 0 Å². The van der Waals surface area contributed by atoms with Crippen LogP contribution in [-0.2, 0) is 18.8 Å². The number of hydrogen-bond acceptors (Lipinski definition) is 6. The van der Waals surface area contributed by atoms with E-state index >= 15 is 0 Å². The lowest BCUT2D eigenvalue weighted by atomic mass is 9.83. The Morgan fingerprint density at radius 3 is 2.37 bits per heavy atom. The number of halogens is 4. The van der Waals surface area contributed by atoms with Crippen LogP contribution in [0.25, 0.3) is 10.9 Å². The predicted molar refractivity (Wildman–Crippen MR) is 133 cm³/mol. The number of nitrogens with zero attached hydrogens (tertiary/aromatic N) is 5. The minimum Gasteiger partial charge on any atom is -0.453 e. The van der Waals surface area contributed by atoms with Crippen LogP contribution in [0, 0.1) is 11.3 Å². The summed E-state index contributed by atoms with van der Waals surface area (Å²) in [6.07, 6.45) is -0.801. The van der Waals surface area contributed by atoms with Crippen molar-refractivity contribution in [1.82, 2.24) is 19.5 Å². The van der Waals surface area contributed by atoms with E-state index in [9.17, 15) is 23.5 Å². The highest BCUT2D eigenvalue weighted by molar-refractivity contribution is 6.37. The van der Waals surface area contributed by atoms with Crippen LogP contribution < -0.4 is 4.74 Å². The minimum atomic E-state index is -4.64. The Kier molecular flexibility index (Phi) is 6.26. The van der Waals surface area contributed by atoms with Gasteiger partial charge in [-0.3, -0.25) is 4.98 Å². The molecule has 0 aliphatic carbocycles. The maximum absolute atomic E-state index is 13.2. The molecule has 0 amide bonds. The van der Waals surface area contributed by atoms with E-state index in [-0.39, 0.29) is 33.3 Å². The van der Waals surface area contributed by atoms with Gasteiger partial charge in [0.1, 0.15) is 17.5 Å². The van der Waals surface area contributed by atoms with Crippen LogP contribution in [0.5, 0.6) is 11.5 Å². The van der Waals surface area contributed by atoms with Crippen molar-refractivity contribution < 1.29 is 23.0 Å². The quantitative estimate of drug-likeness (QED) is 0.297. The Morgan fingerprint density at radius 2 is 1.76 bits per heavy atom. The molecule has 38 heavy (non-hydrogen) atoms. The number of fused-ring (bicyclic) bond motifs is 1. The smallest absolute Gasteiger partial charge is 0.433 e. The third-order valence-corrected chi connectivity index (χ3v) is 6.40. The number of aliphatic hydroxyl groups is 1. The fourth-order valence-corrected chi connectivity index (χ4v) is 4.43. The van der Waals surface area contributed by atoms with Gasteiger partial charge in [0.2, 0.25) is 0 Å². The summed E-state index contributed by atoms with van der Waals surface area (Å²) in [5, 5.41) is 22.2. The maximum Gasteiger partial charge on any atom is 0.433 e. The minimum absolute atomic E-state index is 0.0327. The first-order valence-corrected chi connectivity index (χ1v) is 11.5. The van der Waals surface area contributed by atoms with Crippen molar-refractivity contribution in [3.8, 4) is 17.6 Å². The van der Waals surface area contributed by atoms with E-state index in [2.05, 4.69) is 15.0 Å². The van der Waals surface area contributed by atoms with Crippen molar-refractivity contribution in [2.24, 2.45) is 7.05 Å². The van der Waals surface area contributed by atoms with Gasteiger partial charge < -0.3 is 14.4 Å². The molecule has 3 heterocycles. The molecule has 1 atom stereocenters. The van der Waals surface area contributed by atoms with Crippen molar-refractivity contribution in [3.05, 3.63) is 113 Å². The highest BCUT2D eigenvalue weighted by Crippen LogP contribution is 2.42. The summed E-state index contributed by atoms with van der Waals surface area (Å²) in [4.78, 5) is 12.0. The van der Waals surface area contributed by atoms with Gasteiger partial charge in [0, 0.05) is 24.2 Å². The van der Waals surface area contributed by atoms with E-state index in [1.165, 1.54) is 12.5 Å². The molecule has 0 bridgehead atoms.